The number of hydrogen-bond acceptors (Lipinski definition) is 7. The molecule has 1 atom stereocenters. The van der Waals surface area contributed by atoms with E-state index < -0.39 is 0 Å². The lowest BCUT2D eigenvalue weighted by atomic mass is 10.2. The van der Waals surface area contributed by atoms with Gasteiger partial charge in [-0.3, -0.25) is 0 Å². The highest BCUT2D eigenvalue weighted by atomic mass is 127. The molecule has 0 spiro atoms. The van der Waals surface area contributed by atoms with Gasteiger partial charge in [-0.15, -0.1) is 6.58 Å². The van der Waals surface area contributed by atoms with Crippen molar-refractivity contribution >= 4 is 51.3 Å². The SMILES string of the molecule is C=CCC(N)Cn1c(Sc2cc(OC)ccc2I)nc2c(N)ncnc21. The van der Waals surface area contributed by atoms with Crippen LogP contribution in [0.4, 0.5) is 5.82 Å². The number of nitrogens with zero attached hydrogens (tertiary/aromatic N) is 4. The van der Waals surface area contributed by atoms with E-state index in [1.807, 2.05) is 28.8 Å². The van der Waals surface area contributed by atoms with Crippen molar-refractivity contribution in [1.29, 1.82) is 0 Å². The predicted molar refractivity (Wildman–Crippen MR) is 112 cm³/mol. The first kappa shape index (κ1) is 18.9. The number of rotatable bonds is 7. The molecule has 0 saturated carbocycles. The second kappa shape index (κ2) is 8.23. The number of methoxy groups -OCH3 is 1. The molecule has 0 saturated heterocycles. The van der Waals surface area contributed by atoms with Crippen LogP contribution in [0.15, 0.2) is 47.2 Å². The molecular weight excluding hydrogens is 463 g/mol. The highest BCUT2D eigenvalue weighted by molar-refractivity contribution is 14.1. The smallest absolute Gasteiger partial charge is 0.175 e. The molecule has 3 rings (SSSR count). The number of nitrogens with two attached hydrogens (primary N) is 2. The molecule has 1 unspecified atom stereocenters. The molecule has 0 aliphatic carbocycles. The van der Waals surface area contributed by atoms with Crippen molar-refractivity contribution in [2.24, 2.45) is 5.73 Å². The quantitative estimate of drug-likeness (QED) is 0.394. The predicted octanol–water partition coefficient (Wildman–Crippen LogP) is 3.08. The normalized spacial score (nSPS) is 12.3. The largest absolute Gasteiger partial charge is 0.497 e. The van der Waals surface area contributed by atoms with Crippen molar-refractivity contribution in [3.05, 3.63) is 40.8 Å². The molecule has 0 aliphatic rings. The topological polar surface area (TPSA) is 105 Å². The summed E-state index contributed by atoms with van der Waals surface area (Å²) in [7, 11) is 1.65. The lowest BCUT2D eigenvalue weighted by Crippen LogP contribution is -2.25. The van der Waals surface area contributed by atoms with Gasteiger partial charge in [0.1, 0.15) is 12.1 Å². The molecule has 136 valence electrons. The number of imidazole rings is 1. The maximum absolute atomic E-state index is 6.22. The maximum Gasteiger partial charge on any atom is 0.175 e. The Labute approximate surface area is 169 Å². The summed E-state index contributed by atoms with van der Waals surface area (Å²) in [6.45, 7) is 4.31. The summed E-state index contributed by atoms with van der Waals surface area (Å²) >= 11 is 3.82. The Morgan fingerprint density at radius 3 is 2.96 bits per heavy atom. The first-order valence-electron chi connectivity index (χ1n) is 7.88. The van der Waals surface area contributed by atoms with Gasteiger partial charge < -0.3 is 20.8 Å². The van der Waals surface area contributed by atoms with Crippen LogP contribution in [0.3, 0.4) is 0 Å². The number of ether oxygens (including phenoxy) is 1. The number of hydrogen-bond donors (Lipinski definition) is 2. The lowest BCUT2D eigenvalue weighted by Gasteiger charge is -2.14. The van der Waals surface area contributed by atoms with E-state index in [0.717, 1.165) is 19.4 Å². The summed E-state index contributed by atoms with van der Waals surface area (Å²) in [5, 5.41) is 0.762. The van der Waals surface area contributed by atoms with Gasteiger partial charge in [-0.05, 0) is 47.2 Å². The van der Waals surface area contributed by atoms with Gasteiger partial charge >= 0.3 is 0 Å². The third kappa shape index (κ3) is 3.94. The lowest BCUT2D eigenvalue weighted by molar-refractivity contribution is 0.413. The molecule has 2 aromatic heterocycles. The van der Waals surface area contributed by atoms with Crippen molar-refractivity contribution in [2.45, 2.75) is 29.1 Å². The van der Waals surface area contributed by atoms with Crippen LogP contribution in [0.5, 0.6) is 5.75 Å². The molecule has 0 amide bonds. The molecule has 1 aromatic carbocycles. The van der Waals surface area contributed by atoms with E-state index >= 15 is 0 Å². The highest BCUT2D eigenvalue weighted by Crippen LogP contribution is 2.35. The zero-order chi connectivity index (χ0) is 18.7. The zero-order valence-electron chi connectivity index (χ0n) is 14.2. The Balaban J connectivity index is 2.06. The van der Waals surface area contributed by atoms with Crippen LogP contribution in [0, 0.1) is 3.57 Å². The van der Waals surface area contributed by atoms with E-state index in [1.54, 1.807) is 7.11 Å². The van der Waals surface area contributed by atoms with Gasteiger partial charge in [0, 0.05) is 21.1 Å². The third-order valence-corrected chi connectivity index (χ3v) is 6.11. The minimum Gasteiger partial charge on any atom is -0.497 e. The van der Waals surface area contributed by atoms with Crippen LogP contribution < -0.4 is 16.2 Å². The van der Waals surface area contributed by atoms with Gasteiger partial charge in [-0.25, -0.2) is 15.0 Å². The molecule has 0 radical (unpaired) electrons. The van der Waals surface area contributed by atoms with Crippen molar-refractivity contribution in [1.82, 2.24) is 19.5 Å². The third-order valence-electron chi connectivity index (χ3n) is 3.75. The molecule has 7 nitrogen and oxygen atoms in total. The van der Waals surface area contributed by atoms with E-state index in [-0.39, 0.29) is 6.04 Å². The maximum atomic E-state index is 6.22. The summed E-state index contributed by atoms with van der Waals surface area (Å²) in [6, 6.07) is 5.82. The molecular formula is C17H19IN6OS. The standard InChI is InChI=1S/C17H19IN6OS/c1-3-4-10(19)8-24-16-14(15(20)21-9-22-16)23-17(24)26-13-7-11(25-2)5-6-12(13)18/h3,5-7,9-10H,1,4,8,19H2,2H3,(H2,20,21,22). The Morgan fingerprint density at radius 2 is 2.23 bits per heavy atom. The molecule has 4 N–H and O–H groups in total. The van der Waals surface area contributed by atoms with Crippen molar-refractivity contribution in [2.75, 3.05) is 12.8 Å². The average molecular weight is 482 g/mol. The van der Waals surface area contributed by atoms with Gasteiger partial charge in [0.15, 0.2) is 22.1 Å². The van der Waals surface area contributed by atoms with Crippen molar-refractivity contribution in [3.8, 4) is 5.75 Å². The molecule has 0 aliphatic heterocycles. The van der Waals surface area contributed by atoms with E-state index in [0.29, 0.717) is 29.9 Å². The van der Waals surface area contributed by atoms with Gasteiger partial charge in [0.05, 0.1) is 7.11 Å². The Morgan fingerprint density at radius 1 is 1.42 bits per heavy atom. The Bertz CT molecular complexity index is 944. The van der Waals surface area contributed by atoms with Crippen molar-refractivity contribution < 1.29 is 4.74 Å². The fourth-order valence-electron chi connectivity index (χ4n) is 2.49. The van der Waals surface area contributed by atoms with Crippen LogP contribution in [0.2, 0.25) is 0 Å². The van der Waals surface area contributed by atoms with Crippen LogP contribution in [0.25, 0.3) is 11.2 Å². The summed E-state index contributed by atoms with van der Waals surface area (Å²) < 4.78 is 8.42. The molecule has 2 heterocycles. The van der Waals surface area contributed by atoms with E-state index in [2.05, 4.69) is 44.1 Å². The first-order chi connectivity index (χ1) is 12.5. The second-order valence-electron chi connectivity index (χ2n) is 5.62. The first-order valence-corrected chi connectivity index (χ1v) is 9.77. The summed E-state index contributed by atoms with van der Waals surface area (Å²) in [5.41, 5.74) is 13.5. The number of anilines is 1. The zero-order valence-corrected chi connectivity index (χ0v) is 17.2. The van der Waals surface area contributed by atoms with Gasteiger partial charge in [0.2, 0.25) is 0 Å². The second-order valence-corrected chi connectivity index (χ2v) is 7.79. The fourth-order valence-corrected chi connectivity index (χ4v) is 4.10. The fraction of sp³-hybridized carbons (Fsp3) is 0.235. The molecule has 0 bridgehead atoms. The number of benzene rings is 1. The highest BCUT2D eigenvalue weighted by Gasteiger charge is 2.18. The van der Waals surface area contributed by atoms with Crippen molar-refractivity contribution in [3.63, 3.8) is 0 Å². The summed E-state index contributed by atoms with van der Waals surface area (Å²) in [4.78, 5) is 14.1. The van der Waals surface area contributed by atoms with Gasteiger partial charge in [0.25, 0.3) is 0 Å². The monoisotopic (exact) mass is 482 g/mol. The minimum atomic E-state index is -0.0928. The number of nitrogen functional groups attached to an aromatic ring is 1. The molecule has 9 heteroatoms. The van der Waals surface area contributed by atoms with Crippen LogP contribution in [-0.4, -0.2) is 32.7 Å². The van der Waals surface area contributed by atoms with Crippen LogP contribution in [-0.2, 0) is 6.54 Å². The minimum absolute atomic E-state index is 0.0928. The van der Waals surface area contributed by atoms with Crippen LogP contribution >= 0.6 is 34.4 Å². The van der Waals surface area contributed by atoms with Crippen LogP contribution in [0.1, 0.15) is 6.42 Å². The molecule has 0 fully saturated rings. The molecule has 26 heavy (non-hydrogen) atoms. The Hall–Kier alpha value is -1.85. The van der Waals surface area contributed by atoms with E-state index in [9.17, 15) is 0 Å². The van der Waals surface area contributed by atoms with E-state index in [1.165, 1.54) is 18.1 Å². The molecule has 3 aromatic rings. The number of aromatic nitrogens is 4. The summed E-state index contributed by atoms with van der Waals surface area (Å²) in [5.74, 6) is 1.14. The average Bonchev–Trinajstić information content (AvgIpc) is 2.96. The van der Waals surface area contributed by atoms with Gasteiger partial charge in [-0.2, -0.15) is 0 Å². The summed E-state index contributed by atoms with van der Waals surface area (Å²) in [6.07, 6.45) is 3.95. The number of halogens is 1. The number of fused-ring (bicyclic) bond motifs is 1. The van der Waals surface area contributed by atoms with E-state index in [4.69, 9.17) is 16.2 Å². The van der Waals surface area contributed by atoms with Gasteiger partial charge in [-0.1, -0.05) is 17.8 Å². The Kier molecular flexibility index (Phi) is 5.99.